The number of aryl methyl sites for hydroxylation is 2. The number of benzene rings is 3. The van der Waals surface area contributed by atoms with E-state index < -0.39 is 9.84 Å². The lowest BCUT2D eigenvalue weighted by molar-refractivity contribution is 0.0954. The summed E-state index contributed by atoms with van der Waals surface area (Å²) in [7, 11) is -3.53. The lowest BCUT2D eigenvalue weighted by Gasteiger charge is -2.06. The summed E-state index contributed by atoms with van der Waals surface area (Å²) in [5.74, 6) is 0.375. The SMILES string of the molecule is Cc1ccc(CCNC(=O)c2ccc(-c3nc(CS(=O)(=O)c4ccccc4)c(C)o3)cc2)cc1. The minimum atomic E-state index is -3.53. The molecule has 7 heteroatoms. The van der Waals surface area contributed by atoms with Crippen molar-refractivity contribution in [3.63, 3.8) is 0 Å². The first-order valence-electron chi connectivity index (χ1n) is 11.0. The summed E-state index contributed by atoms with van der Waals surface area (Å²) in [6.07, 6.45) is 0.758. The van der Waals surface area contributed by atoms with Crippen molar-refractivity contribution in [3.05, 3.63) is 107 Å². The number of carbonyl (C=O) groups excluding carboxylic acids is 1. The quantitative estimate of drug-likeness (QED) is 0.392. The average Bonchev–Trinajstić information content (AvgIpc) is 3.20. The van der Waals surface area contributed by atoms with Crippen molar-refractivity contribution in [2.75, 3.05) is 6.54 Å². The molecule has 174 valence electrons. The fraction of sp³-hybridized carbons (Fsp3) is 0.185. The molecule has 0 unspecified atom stereocenters. The molecule has 1 N–H and O–H groups in total. The highest BCUT2D eigenvalue weighted by molar-refractivity contribution is 7.90. The van der Waals surface area contributed by atoms with Gasteiger partial charge in [0.1, 0.15) is 11.5 Å². The van der Waals surface area contributed by atoms with Crippen LogP contribution in [0.2, 0.25) is 0 Å². The Morgan fingerprint density at radius 3 is 2.26 bits per heavy atom. The van der Waals surface area contributed by atoms with E-state index in [1.807, 2.05) is 6.92 Å². The molecule has 0 saturated carbocycles. The summed E-state index contributed by atoms with van der Waals surface area (Å²) in [5, 5.41) is 2.93. The van der Waals surface area contributed by atoms with E-state index in [4.69, 9.17) is 4.42 Å². The van der Waals surface area contributed by atoms with Gasteiger partial charge in [0.15, 0.2) is 9.84 Å². The van der Waals surface area contributed by atoms with Gasteiger partial charge in [-0.15, -0.1) is 0 Å². The van der Waals surface area contributed by atoms with Gasteiger partial charge in [-0.05, 0) is 62.2 Å². The van der Waals surface area contributed by atoms with Crippen molar-refractivity contribution in [2.45, 2.75) is 30.9 Å². The van der Waals surface area contributed by atoms with Crippen molar-refractivity contribution in [3.8, 4) is 11.5 Å². The van der Waals surface area contributed by atoms with Crippen LogP contribution in [0, 0.1) is 13.8 Å². The van der Waals surface area contributed by atoms with Gasteiger partial charge >= 0.3 is 0 Å². The highest BCUT2D eigenvalue weighted by Crippen LogP contribution is 2.25. The maximum Gasteiger partial charge on any atom is 0.251 e. The Morgan fingerprint density at radius 2 is 1.59 bits per heavy atom. The topological polar surface area (TPSA) is 89.3 Å². The maximum absolute atomic E-state index is 12.7. The Hall–Kier alpha value is -3.71. The zero-order valence-electron chi connectivity index (χ0n) is 19.1. The third-order valence-corrected chi connectivity index (χ3v) is 7.18. The van der Waals surface area contributed by atoms with Gasteiger partial charge in [0.05, 0.1) is 10.6 Å². The van der Waals surface area contributed by atoms with Gasteiger partial charge < -0.3 is 9.73 Å². The van der Waals surface area contributed by atoms with Crippen molar-refractivity contribution < 1.29 is 17.6 Å². The Morgan fingerprint density at radius 1 is 0.912 bits per heavy atom. The number of hydrogen-bond donors (Lipinski definition) is 1. The molecule has 0 aliphatic carbocycles. The highest BCUT2D eigenvalue weighted by atomic mass is 32.2. The number of nitrogens with one attached hydrogen (secondary N) is 1. The van der Waals surface area contributed by atoms with Crippen molar-refractivity contribution in [2.24, 2.45) is 0 Å². The van der Waals surface area contributed by atoms with E-state index in [9.17, 15) is 13.2 Å². The predicted octanol–water partition coefficient (Wildman–Crippen LogP) is 4.90. The number of rotatable bonds is 8. The summed E-state index contributed by atoms with van der Waals surface area (Å²) in [6, 6.07) is 23.4. The molecule has 1 amide bonds. The number of hydrogen-bond acceptors (Lipinski definition) is 5. The van der Waals surface area contributed by atoms with Crippen LogP contribution >= 0.6 is 0 Å². The van der Waals surface area contributed by atoms with Gasteiger partial charge in [-0.2, -0.15) is 0 Å². The van der Waals surface area contributed by atoms with Crippen LogP contribution in [0.1, 0.15) is 32.9 Å². The first kappa shape index (κ1) is 23.4. The molecular weight excluding hydrogens is 448 g/mol. The van der Waals surface area contributed by atoms with Crippen LogP contribution in [0.15, 0.2) is 88.2 Å². The first-order valence-corrected chi connectivity index (χ1v) is 12.7. The lowest BCUT2D eigenvalue weighted by atomic mass is 10.1. The Labute approximate surface area is 199 Å². The predicted molar refractivity (Wildman–Crippen MR) is 131 cm³/mol. The second-order valence-electron chi connectivity index (χ2n) is 8.16. The molecule has 6 nitrogen and oxygen atoms in total. The Balaban J connectivity index is 1.40. The summed E-state index contributed by atoms with van der Waals surface area (Å²) in [5.41, 5.74) is 3.95. The summed E-state index contributed by atoms with van der Waals surface area (Å²) < 4.78 is 31.1. The molecule has 0 fully saturated rings. The zero-order valence-corrected chi connectivity index (χ0v) is 19.9. The smallest absolute Gasteiger partial charge is 0.251 e. The minimum Gasteiger partial charge on any atom is -0.441 e. The van der Waals surface area contributed by atoms with Gasteiger partial charge in [0.2, 0.25) is 5.89 Å². The monoisotopic (exact) mass is 474 g/mol. The van der Waals surface area contributed by atoms with Gasteiger partial charge in [-0.3, -0.25) is 4.79 Å². The lowest BCUT2D eigenvalue weighted by Crippen LogP contribution is -2.25. The van der Waals surface area contributed by atoms with Gasteiger partial charge in [0, 0.05) is 17.7 Å². The fourth-order valence-electron chi connectivity index (χ4n) is 3.52. The molecule has 0 saturated heterocycles. The van der Waals surface area contributed by atoms with Crippen LogP contribution in [0.3, 0.4) is 0 Å². The van der Waals surface area contributed by atoms with E-state index in [-0.39, 0.29) is 16.6 Å². The van der Waals surface area contributed by atoms with Crippen LogP contribution in [0.25, 0.3) is 11.5 Å². The normalized spacial score (nSPS) is 11.4. The Bertz CT molecular complexity index is 1380. The first-order chi connectivity index (χ1) is 16.3. The molecule has 0 aliphatic heterocycles. The van der Waals surface area contributed by atoms with E-state index in [2.05, 4.69) is 34.6 Å². The molecule has 0 spiro atoms. The molecule has 0 aliphatic rings. The highest BCUT2D eigenvalue weighted by Gasteiger charge is 2.21. The fourth-order valence-corrected chi connectivity index (χ4v) is 4.88. The van der Waals surface area contributed by atoms with Crippen molar-refractivity contribution in [1.29, 1.82) is 0 Å². The number of carbonyl (C=O) groups is 1. The summed E-state index contributed by atoms with van der Waals surface area (Å²) in [4.78, 5) is 17.1. The zero-order chi connectivity index (χ0) is 24.1. The standard InChI is InChI=1S/C27H26N2O4S/c1-19-8-10-21(11-9-19)16-17-28-26(30)22-12-14-23(15-13-22)27-29-25(20(2)33-27)18-34(31,32)24-6-4-3-5-7-24/h3-15H,16-18H2,1-2H3,(H,28,30). The van der Waals surface area contributed by atoms with E-state index in [1.165, 1.54) is 11.1 Å². The molecule has 0 radical (unpaired) electrons. The summed E-state index contributed by atoms with van der Waals surface area (Å²) >= 11 is 0. The third kappa shape index (κ3) is 5.61. The van der Waals surface area contributed by atoms with E-state index in [0.29, 0.717) is 35.0 Å². The van der Waals surface area contributed by atoms with Crippen LogP contribution in [0.4, 0.5) is 0 Å². The van der Waals surface area contributed by atoms with E-state index >= 15 is 0 Å². The van der Waals surface area contributed by atoms with Crippen LogP contribution in [-0.4, -0.2) is 25.9 Å². The minimum absolute atomic E-state index is 0.156. The second-order valence-corrected chi connectivity index (χ2v) is 10.2. The molecule has 3 aromatic carbocycles. The molecule has 0 atom stereocenters. The second kappa shape index (κ2) is 10.1. The number of amides is 1. The molecule has 1 aromatic heterocycles. The average molecular weight is 475 g/mol. The number of oxazole rings is 1. The molecule has 34 heavy (non-hydrogen) atoms. The van der Waals surface area contributed by atoms with Crippen LogP contribution in [-0.2, 0) is 22.0 Å². The van der Waals surface area contributed by atoms with Gasteiger partial charge in [-0.1, -0.05) is 48.0 Å². The van der Waals surface area contributed by atoms with Gasteiger partial charge in [-0.25, -0.2) is 13.4 Å². The number of nitrogens with zero attached hydrogens (tertiary/aromatic N) is 1. The van der Waals surface area contributed by atoms with Crippen LogP contribution < -0.4 is 5.32 Å². The van der Waals surface area contributed by atoms with Crippen molar-refractivity contribution in [1.82, 2.24) is 10.3 Å². The Kier molecular flexibility index (Phi) is 6.93. The maximum atomic E-state index is 12.7. The van der Waals surface area contributed by atoms with Crippen molar-refractivity contribution >= 4 is 15.7 Å². The third-order valence-electron chi connectivity index (χ3n) is 5.54. The number of aromatic nitrogens is 1. The molecule has 4 rings (SSSR count). The van der Waals surface area contributed by atoms with E-state index in [1.54, 1.807) is 61.5 Å². The largest absolute Gasteiger partial charge is 0.441 e. The van der Waals surface area contributed by atoms with Gasteiger partial charge in [0.25, 0.3) is 5.91 Å². The molecule has 1 heterocycles. The summed E-state index contributed by atoms with van der Waals surface area (Å²) in [6.45, 7) is 4.28. The molecular formula is C27H26N2O4S. The van der Waals surface area contributed by atoms with E-state index in [0.717, 1.165) is 6.42 Å². The number of sulfone groups is 1. The molecule has 0 bridgehead atoms. The van der Waals surface area contributed by atoms with Crippen LogP contribution in [0.5, 0.6) is 0 Å². The molecule has 4 aromatic rings.